The number of hydrogen-bond acceptors (Lipinski definition) is 8. The SMILES string of the molecule is O=C(CCOc1no[n+]([O-])c1S(=O)(=O)c1ccccc1)NCCP(=O)(O)O. The van der Waals surface area contributed by atoms with E-state index in [-0.39, 0.29) is 29.4 Å². The van der Waals surface area contributed by atoms with Crippen LogP contribution in [0.2, 0.25) is 0 Å². The number of carbonyl (C=O) groups is 1. The summed E-state index contributed by atoms with van der Waals surface area (Å²) in [5.41, 5.74) is 0. The smallest absolute Gasteiger partial charge is 0.414 e. The number of nitrogens with zero attached hydrogens (tertiary/aromatic N) is 2. The van der Waals surface area contributed by atoms with Crippen LogP contribution in [0, 0.1) is 5.21 Å². The molecule has 0 saturated heterocycles. The van der Waals surface area contributed by atoms with Gasteiger partial charge in [-0.05, 0) is 17.0 Å². The van der Waals surface area contributed by atoms with Crippen LogP contribution in [-0.4, -0.2) is 48.6 Å². The quantitative estimate of drug-likeness (QED) is 0.342. The maximum Gasteiger partial charge on any atom is 0.414 e. The first-order valence-corrected chi connectivity index (χ1v) is 10.7. The first-order valence-electron chi connectivity index (χ1n) is 7.45. The molecule has 0 spiro atoms. The van der Waals surface area contributed by atoms with Gasteiger partial charge in [0.15, 0.2) is 0 Å². The van der Waals surface area contributed by atoms with E-state index >= 15 is 0 Å². The van der Waals surface area contributed by atoms with Gasteiger partial charge >= 0.3 is 18.5 Å². The number of amides is 1. The van der Waals surface area contributed by atoms with Crippen molar-refractivity contribution in [3.63, 3.8) is 0 Å². The third-order valence-electron chi connectivity index (χ3n) is 3.15. The minimum Gasteiger partial charge on any atom is -0.454 e. The van der Waals surface area contributed by atoms with Gasteiger partial charge in [0, 0.05) is 6.54 Å². The summed E-state index contributed by atoms with van der Waals surface area (Å²) >= 11 is 0. The molecule has 0 unspecified atom stereocenters. The van der Waals surface area contributed by atoms with Gasteiger partial charge in [-0.15, -0.1) is 0 Å². The molecule has 148 valence electrons. The van der Waals surface area contributed by atoms with Crippen LogP contribution in [-0.2, 0) is 19.2 Å². The molecule has 3 N–H and O–H groups in total. The lowest BCUT2D eigenvalue weighted by Crippen LogP contribution is -2.31. The van der Waals surface area contributed by atoms with Gasteiger partial charge in [-0.1, -0.05) is 18.2 Å². The Labute approximate surface area is 153 Å². The van der Waals surface area contributed by atoms with Crippen LogP contribution in [0.4, 0.5) is 0 Å². The van der Waals surface area contributed by atoms with E-state index in [1.807, 2.05) is 0 Å². The zero-order valence-corrected chi connectivity index (χ0v) is 15.4. The molecule has 14 heteroatoms. The Hall–Kier alpha value is -2.47. The highest BCUT2D eigenvalue weighted by Gasteiger charge is 2.35. The van der Waals surface area contributed by atoms with Crippen molar-refractivity contribution in [2.45, 2.75) is 16.3 Å². The molecule has 0 saturated carbocycles. The highest BCUT2D eigenvalue weighted by molar-refractivity contribution is 7.91. The highest BCUT2D eigenvalue weighted by Crippen LogP contribution is 2.32. The Kier molecular flexibility index (Phi) is 6.54. The maximum absolute atomic E-state index is 12.5. The van der Waals surface area contributed by atoms with Crippen LogP contribution in [0.3, 0.4) is 0 Å². The summed E-state index contributed by atoms with van der Waals surface area (Å²) in [6, 6.07) is 7.09. The topological polar surface area (TPSA) is 183 Å². The average Bonchev–Trinajstić information content (AvgIpc) is 2.96. The number of hydrogen-bond donors (Lipinski definition) is 3. The molecule has 1 amide bonds. The van der Waals surface area contributed by atoms with Crippen molar-refractivity contribution >= 4 is 23.3 Å². The Bertz CT molecular complexity index is 939. The predicted molar refractivity (Wildman–Crippen MR) is 87.4 cm³/mol. The summed E-state index contributed by atoms with van der Waals surface area (Å²) in [5.74, 6) is -1.19. The molecule has 0 aliphatic heterocycles. The standard InChI is InChI=1S/C13H16N3O9PS/c17-11(14-7-9-26(19,20)21)6-8-24-12-13(16(18)25-15-12)27(22,23)10-4-2-1-3-5-10/h1-5H,6-9H2,(H,14,17)(H2,19,20,21). The fourth-order valence-electron chi connectivity index (χ4n) is 1.91. The fourth-order valence-corrected chi connectivity index (χ4v) is 3.61. The van der Waals surface area contributed by atoms with Gasteiger partial charge in [0.1, 0.15) is 6.61 Å². The molecular weight excluding hydrogens is 405 g/mol. The molecule has 27 heavy (non-hydrogen) atoms. The second kappa shape index (κ2) is 8.48. The first kappa shape index (κ1) is 20.8. The molecule has 0 aliphatic rings. The van der Waals surface area contributed by atoms with Crippen molar-refractivity contribution in [3.8, 4) is 5.88 Å². The second-order valence-corrected chi connectivity index (χ2v) is 8.84. The van der Waals surface area contributed by atoms with Crippen LogP contribution in [0.25, 0.3) is 0 Å². The predicted octanol–water partition coefficient (Wildman–Crippen LogP) is -0.796. The van der Waals surface area contributed by atoms with E-state index < -0.39 is 40.4 Å². The van der Waals surface area contributed by atoms with E-state index in [4.69, 9.17) is 14.5 Å². The molecule has 2 rings (SSSR count). The molecule has 0 radical (unpaired) electrons. The van der Waals surface area contributed by atoms with E-state index in [9.17, 15) is 23.0 Å². The van der Waals surface area contributed by atoms with Crippen molar-refractivity contribution in [2.24, 2.45) is 0 Å². The van der Waals surface area contributed by atoms with Gasteiger partial charge in [-0.25, -0.2) is 8.42 Å². The number of sulfone groups is 1. The van der Waals surface area contributed by atoms with Crippen LogP contribution in [0.5, 0.6) is 5.88 Å². The molecule has 0 fully saturated rings. The molecule has 12 nitrogen and oxygen atoms in total. The number of nitrogens with one attached hydrogen (secondary N) is 1. The monoisotopic (exact) mass is 421 g/mol. The van der Waals surface area contributed by atoms with Gasteiger partial charge < -0.3 is 25.0 Å². The molecular formula is C13H16N3O9PS. The average molecular weight is 421 g/mol. The molecule has 1 aromatic carbocycles. The molecule has 1 heterocycles. The maximum atomic E-state index is 12.5. The van der Waals surface area contributed by atoms with E-state index in [1.165, 1.54) is 24.3 Å². The first-order chi connectivity index (χ1) is 12.6. The van der Waals surface area contributed by atoms with Gasteiger partial charge in [0.2, 0.25) is 5.91 Å². The van der Waals surface area contributed by atoms with Crippen LogP contribution >= 0.6 is 7.60 Å². The minimum atomic E-state index is -4.26. The number of rotatable bonds is 9. The third-order valence-corrected chi connectivity index (χ3v) is 5.68. The third kappa shape index (κ3) is 5.76. The van der Waals surface area contributed by atoms with Gasteiger partial charge in [-0.2, -0.15) is 0 Å². The highest BCUT2D eigenvalue weighted by atomic mass is 32.2. The summed E-state index contributed by atoms with van der Waals surface area (Å²) in [6.07, 6.45) is -0.782. The van der Waals surface area contributed by atoms with Crippen molar-refractivity contribution < 1.29 is 41.8 Å². The van der Waals surface area contributed by atoms with Gasteiger partial charge in [-0.3, -0.25) is 14.0 Å². The van der Waals surface area contributed by atoms with Gasteiger partial charge in [0.05, 0.1) is 22.6 Å². The van der Waals surface area contributed by atoms with E-state index in [0.717, 1.165) is 0 Å². The van der Waals surface area contributed by atoms with Crippen molar-refractivity contribution in [1.82, 2.24) is 10.5 Å². The van der Waals surface area contributed by atoms with Crippen molar-refractivity contribution in [2.75, 3.05) is 19.3 Å². The second-order valence-electron chi connectivity index (χ2n) is 5.19. The zero-order valence-electron chi connectivity index (χ0n) is 13.7. The zero-order chi connectivity index (χ0) is 20.1. The summed E-state index contributed by atoms with van der Waals surface area (Å²) in [7, 11) is -8.48. The fraction of sp³-hybridized carbons (Fsp3) is 0.308. The van der Waals surface area contributed by atoms with E-state index in [0.29, 0.717) is 0 Å². The number of ether oxygens (including phenoxy) is 1. The molecule has 0 bridgehead atoms. The van der Waals surface area contributed by atoms with Crippen molar-refractivity contribution in [3.05, 3.63) is 35.5 Å². The Morgan fingerprint density at radius 2 is 2.00 bits per heavy atom. The lowest BCUT2D eigenvalue weighted by molar-refractivity contribution is -0.832. The van der Waals surface area contributed by atoms with Crippen molar-refractivity contribution in [1.29, 1.82) is 0 Å². The Morgan fingerprint density at radius 3 is 2.63 bits per heavy atom. The summed E-state index contributed by atoms with van der Waals surface area (Å²) in [5, 5.41) is 16.3. The lowest BCUT2D eigenvalue weighted by Gasteiger charge is -2.06. The van der Waals surface area contributed by atoms with E-state index in [1.54, 1.807) is 6.07 Å². The number of benzene rings is 1. The molecule has 0 aliphatic carbocycles. The number of aromatic nitrogens is 2. The summed E-state index contributed by atoms with van der Waals surface area (Å²) in [6.45, 7) is -0.577. The minimum absolute atomic E-state index is 0.169. The molecule has 0 atom stereocenters. The van der Waals surface area contributed by atoms with Crippen LogP contribution in [0.1, 0.15) is 6.42 Å². The van der Waals surface area contributed by atoms with E-state index in [2.05, 4.69) is 15.1 Å². The summed E-state index contributed by atoms with van der Waals surface area (Å²) in [4.78, 5) is 28.5. The Morgan fingerprint density at radius 1 is 1.33 bits per heavy atom. The lowest BCUT2D eigenvalue weighted by atomic mass is 10.4. The number of carbonyl (C=O) groups excluding carboxylic acids is 1. The van der Waals surface area contributed by atoms with Crippen LogP contribution in [0.15, 0.2) is 44.9 Å². The largest absolute Gasteiger partial charge is 0.454 e. The van der Waals surface area contributed by atoms with Crippen LogP contribution < -0.4 is 15.0 Å². The normalized spacial score (nSPS) is 11.9. The Balaban J connectivity index is 1.99. The molecule has 2 aromatic rings. The van der Waals surface area contributed by atoms with Gasteiger partial charge in [0.25, 0.3) is 9.84 Å². The molecule has 1 aromatic heterocycles. The summed E-state index contributed by atoms with van der Waals surface area (Å²) < 4.78 is 45.1.